The van der Waals surface area contributed by atoms with Gasteiger partial charge in [-0.1, -0.05) is 0 Å². The summed E-state index contributed by atoms with van der Waals surface area (Å²) in [6.45, 7) is -0.0227. The van der Waals surface area contributed by atoms with Crippen molar-refractivity contribution in [3.63, 3.8) is 0 Å². The summed E-state index contributed by atoms with van der Waals surface area (Å²) < 4.78 is 0. The highest BCUT2D eigenvalue weighted by atomic mass is 16.4. The van der Waals surface area contributed by atoms with Gasteiger partial charge in [0.1, 0.15) is 0 Å². The van der Waals surface area contributed by atoms with E-state index in [4.69, 9.17) is 10.2 Å². The topological polar surface area (TPSA) is 94.9 Å². The number of aliphatic hydroxyl groups is 1. The fourth-order valence-electron chi connectivity index (χ4n) is 1.59. The van der Waals surface area contributed by atoms with Crippen molar-refractivity contribution in [2.24, 2.45) is 0 Å². The molecule has 1 fully saturated rings. The highest BCUT2D eigenvalue weighted by molar-refractivity contribution is 5.96. The van der Waals surface area contributed by atoms with Gasteiger partial charge in [-0.25, -0.2) is 4.79 Å². The van der Waals surface area contributed by atoms with Crippen molar-refractivity contribution in [3.8, 4) is 0 Å². The van der Waals surface area contributed by atoms with E-state index in [2.05, 4.69) is 0 Å². The van der Waals surface area contributed by atoms with Crippen molar-refractivity contribution < 1.29 is 24.6 Å². The first-order valence-corrected chi connectivity index (χ1v) is 5.26. The molecule has 6 nitrogen and oxygen atoms in total. The third-order valence-corrected chi connectivity index (χ3v) is 2.54. The Hall–Kier alpha value is -1.43. The number of carbonyl (C=O) groups excluding carboxylic acids is 2. The van der Waals surface area contributed by atoms with Gasteiger partial charge in [0.05, 0.1) is 0 Å². The van der Waals surface area contributed by atoms with Crippen molar-refractivity contribution in [1.82, 2.24) is 4.90 Å². The highest BCUT2D eigenvalue weighted by Crippen LogP contribution is 2.13. The molecule has 1 heterocycles. The standard InChI is InChI=1S/C10H15NO5/c12-7(10(15)16)5-6-11-8(13)3-1-2-4-9(11)14/h7,12H,1-6H2,(H,15,16). The van der Waals surface area contributed by atoms with E-state index < -0.39 is 12.1 Å². The van der Waals surface area contributed by atoms with Crippen LogP contribution in [0.5, 0.6) is 0 Å². The van der Waals surface area contributed by atoms with Crippen LogP contribution < -0.4 is 0 Å². The molecule has 0 spiro atoms. The van der Waals surface area contributed by atoms with Crippen LogP contribution in [0.1, 0.15) is 32.1 Å². The molecule has 6 heteroatoms. The van der Waals surface area contributed by atoms with Crippen LogP contribution in [0.4, 0.5) is 0 Å². The third kappa shape index (κ3) is 3.30. The second-order valence-electron chi connectivity index (χ2n) is 3.79. The number of carboxylic acid groups (broad SMARTS) is 1. The lowest BCUT2D eigenvalue weighted by Crippen LogP contribution is -2.38. The molecule has 0 aromatic carbocycles. The summed E-state index contributed by atoms with van der Waals surface area (Å²) in [6, 6.07) is 0. The van der Waals surface area contributed by atoms with Crippen LogP contribution in [0.3, 0.4) is 0 Å². The molecule has 1 saturated heterocycles. The number of rotatable bonds is 4. The lowest BCUT2D eigenvalue weighted by atomic mass is 10.2. The molecule has 1 unspecified atom stereocenters. The van der Waals surface area contributed by atoms with Crippen LogP contribution in [-0.4, -0.2) is 45.5 Å². The number of imide groups is 1. The molecule has 1 rings (SSSR count). The monoisotopic (exact) mass is 229 g/mol. The molecule has 0 radical (unpaired) electrons. The summed E-state index contributed by atoms with van der Waals surface area (Å²) >= 11 is 0. The average molecular weight is 229 g/mol. The Kier molecular flexibility index (Phi) is 4.42. The minimum atomic E-state index is -1.52. The van der Waals surface area contributed by atoms with Crippen LogP contribution in [0.2, 0.25) is 0 Å². The zero-order valence-electron chi connectivity index (χ0n) is 8.89. The maximum atomic E-state index is 11.5. The quantitative estimate of drug-likeness (QED) is 0.648. The normalized spacial score (nSPS) is 19.4. The van der Waals surface area contributed by atoms with Gasteiger partial charge in [0.25, 0.3) is 0 Å². The predicted molar refractivity (Wildman–Crippen MR) is 53.4 cm³/mol. The molecule has 2 amide bonds. The van der Waals surface area contributed by atoms with Gasteiger partial charge in [-0.2, -0.15) is 0 Å². The minimum Gasteiger partial charge on any atom is -0.479 e. The molecule has 16 heavy (non-hydrogen) atoms. The predicted octanol–water partition coefficient (Wildman–Crippen LogP) is -0.249. The zero-order chi connectivity index (χ0) is 12.1. The van der Waals surface area contributed by atoms with Crippen LogP contribution >= 0.6 is 0 Å². The van der Waals surface area contributed by atoms with E-state index in [1.165, 1.54) is 0 Å². The fraction of sp³-hybridized carbons (Fsp3) is 0.700. The van der Waals surface area contributed by atoms with E-state index in [0.29, 0.717) is 25.7 Å². The van der Waals surface area contributed by atoms with E-state index in [9.17, 15) is 14.4 Å². The number of amides is 2. The van der Waals surface area contributed by atoms with Gasteiger partial charge in [0, 0.05) is 25.8 Å². The number of carbonyl (C=O) groups is 3. The molecule has 0 saturated carbocycles. The van der Waals surface area contributed by atoms with Crippen LogP contribution in [0, 0.1) is 0 Å². The lowest BCUT2D eigenvalue weighted by Gasteiger charge is -2.19. The molecule has 0 aliphatic carbocycles. The number of hydrogen-bond acceptors (Lipinski definition) is 4. The van der Waals surface area contributed by atoms with Crippen LogP contribution in [0.15, 0.2) is 0 Å². The van der Waals surface area contributed by atoms with Gasteiger partial charge in [0.2, 0.25) is 11.8 Å². The minimum absolute atomic E-state index is 0.0227. The lowest BCUT2D eigenvalue weighted by molar-refractivity contribution is -0.150. The largest absolute Gasteiger partial charge is 0.479 e. The van der Waals surface area contributed by atoms with Gasteiger partial charge >= 0.3 is 5.97 Å². The molecular formula is C10H15NO5. The molecule has 1 aliphatic heterocycles. The Morgan fingerprint density at radius 2 is 1.75 bits per heavy atom. The SMILES string of the molecule is O=C(O)C(O)CCN1C(=O)CCCCC1=O. The summed E-state index contributed by atoms with van der Waals surface area (Å²) in [5.41, 5.74) is 0. The first kappa shape index (κ1) is 12.6. The Labute approximate surface area is 92.9 Å². The van der Waals surface area contributed by atoms with Gasteiger partial charge < -0.3 is 10.2 Å². The fourth-order valence-corrected chi connectivity index (χ4v) is 1.59. The summed E-state index contributed by atoms with van der Waals surface area (Å²) in [6.07, 6.45) is 0.353. The summed E-state index contributed by atoms with van der Waals surface area (Å²) in [7, 11) is 0. The molecule has 0 aromatic heterocycles. The second-order valence-corrected chi connectivity index (χ2v) is 3.79. The van der Waals surface area contributed by atoms with Crippen molar-refractivity contribution in [1.29, 1.82) is 0 Å². The highest BCUT2D eigenvalue weighted by Gasteiger charge is 2.25. The van der Waals surface area contributed by atoms with Crippen molar-refractivity contribution in [3.05, 3.63) is 0 Å². The van der Waals surface area contributed by atoms with E-state index >= 15 is 0 Å². The van der Waals surface area contributed by atoms with Gasteiger partial charge in [0.15, 0.2) is 6.10 Å². The number of aliphatic carboxylic acids is 1. The molecule has 1 atom stereocenters. The van der Waals surface area contributed by atoms with Gasteiger partial charge in [-0.3, -0.25) is 14.5 Å². The van der Waals surface area contributed by atoms with Crippen LogP contribution in [0.25, 0.3) is 0 Å². The molecule has 0 bridgehead atoms. The maximum Gasteiger partial charge on any atom is 0.332 e. The van der Waals surface area contributed by atoms with E-state index in [1.54, 1.807) is 0 Å². The van der Waals surface area contributed by atoms with Gasteiger partial charge in [-0.05, 0) is 12.8 Å². The molecule has 1 aliphatic rings. The number of hydrogen-bond donors (Lipinski definition) is 2. The Morgan fingerprint density at radius 1 is 1.25 bits per heavy atom. The van der Waals surface area contributed by atoms with E-state index in [0.717, 1.165) is 4.90 Å². The first-order chi connectivity index (χ1) is 7.52. The Bertz CT molecular complexity index is 284. The smallest absolute Gasteiger partial charge is 0.332 e. The molecule has 2 N–H and O–H groups in total. The van der Waals surface area contributed by atoms with Crippen molar-refractivity contribution in [2.45, 2.75) is 38.2 Å². The number of likely N-dealkylation sites (tertiary alicyclic amines) is 1. The van der Waals surface area contributed by atoms with Crippen molar-refractivity contribution in [2.75, 3.05) is 6.54 Å². The number of carboxylic acids is 1. The van der Waals surface area contributed by atoms with Gasteiger partial charge in [-0.15, -0.1) is 0 Å². The Morgan fingerprint density at radius 3 is 2.19 bits per heavy atom. The number of aliphatic hydroxyl groups excluding tert-OH is 1. The van der Waals surface area contributed by atoms with Crippen LogP contribution in [-0.2, 0) is 14.4 Å². The Balaban J connectivity index is 2.52. The molecule has 90 valence electrons. The van der Waals surface area contributed by atoms with E-state index in [-0.39, 0.29) is 24.8 Å². The summed E-state index contributed by atoms with van der Waals surface area (Å²) in [5, 5.41) is 17.5. The molecule has 0 aromatic rings. The maximum absolute atomic E-state index is 11.5. The van der Waals surface area contributed by atoms with Crippen molar-refractivity contribution >= 4 is 17.8 Å². The summed E-state index contributed by atoms with van der Waals surface area (Å²) in [4.78, 5) is 34.4. The second kappa shape index (κ2) is 5.60. The van der Waals surface area contributed by atoms with E-state index in [1.807, 2.05) is 0 Å². The molecular weight excluding hydrogens is 214 g/mol. The number of nitrogens with zero attached hydrogens (tertiary/aromatic N) is 1. The summed E-state index contributed by atoms with van der Waals surface area (Å²) in [5.74, 6) is -1.89. The zero-order valence-corrected chi connectivity index (χ0v) is 8.89. The first-order valence-electron chi connectivity index (χ1n) is 5.26. The average Bonchev–Trinajstić information content (AvgIpc) is 2.38. The third-order valence-electron chi connectivity index (χ3n) is 2.54.